The zero-order chi connectivity index (χ0) is 13.2. The first-order valence-electron chi connectivity index (χ1n) is 6.60. The molecule has 0 unspecified atom stereocenters. The van der Waals surface area contributed by atoms with Crippen molar-refractivity contribution in [3.8, 4) is 0 Å². The summed E-state index contributed by atoms with van der Waals surface area (Å²) in [5, 5.41) is 4.04. The third-order valence-corrected chi connectivity index (χ3v) is 3.69. The molecular formula is C15H17N3O. The van der Waals surface area contributed by atoms with Crippen molar-refractivity contribution in [3.63, 3.8) is 0 Å². The number of nitrogens with zero attached hydrogens (tertiary/aromatic N) is 2. The van der Waals surface area contributed by atoms with E-state index in [-0.39, 0.29) is 11.9 Å². The van der Waals surface area contributed by atoms with Crippen molar-refractivity contribution in [2.45, 2.75) is 18.9 Å². The lowest BCUT2D eigenvalue weighted by Gasteiger charge is -2.18. The molecule has 0 spiro atoms. The molecule has 4 heteroatoms. The van der Waals surface area contributed by atoms with Crippen molar-refractivity contribution in [2.75, 3.05) is 18.9 Å². The zero-order valence-electron chi connectivity index (χ0n) is 11.0. The minimum absolute atomic E-state index is 0.00425. The summed E-state index contributed by atoms with van der Waals surface area (Å²) in [7, 11) is 2.00. The van der Waals surface area contributed by atoms with Gasteiger partial charge in [-0.3, -0.25) is 14.7 Å². The molecule has 0 aliphatic carbocycles. The van der Waals surface area contributed by atoms with Crippen LogP contribution in [0, 0.1) is 0 Å². The van der Waals surface area contributed by atoms with Crippen LogP contribution in [0.5, 0.6) is 0 Å². The lowest BCUT2D eigenvalue weighted by Crippen LogP contribution is -2.37. The molecule has 1 aliphatic rings. The summed E-state index contributed by atoms with van der Waals surface area (Å²) < 4.78 is 0. The molecule has 1 saturated heterocycles. The summed E-state index contributed by atoms with van der Waals surface area (Å²) in [5.74, 6) is 0.0863. The molecule has 19 heavy (non-hydrogen) atoms. The third-order valence-electron chi connectivity index (χ3n) is 3.69. The number of likely N-dealkylation sites (tertiary alicyclic amines) is 1. The smallest absolute Gasteiger partial charge is 0.241 e. The number of likely N-dealkylation sites (N-methyl/N-ethyl adjacent to an activating group) is 1. The average molecular weight is 255 g/mol. The van der Waals surface area contributed by atoms with Gasteiger partial charge in [0.25, 0.3) is 0 Å². The van der Waals surface area contributed by atoms with Gasteiger partial charge in [0.15, 0.2) is 0 Å². The van der Waals surface area contributed by atoms with Crippen molar-refractivity contribution < 1.29 is 4.79 Å². The Kier molecular flexibility index (Phi) is 3.17. The molecule has 0 radical (unpaired) electrons. The zero-order valence-corrected chi connectivity index (χ0v) is 11.0. The van der Waals surface area contributed by atoms with E-state index in [1.165, 1.54) is 0 Å². The maximum absolute atomic E-state index is 12.2. The van der Waals surface area contributed by atoms with Crippen LogP contribution in [0.15, 0.2) is 36.5 Å². The van der Waals surface area contributed by atoms with E-state index >= 15 is 0 Å². The Labute approximate surface area is 112 Å². The summed E-state index contributed by atoms with van der Waals surface area (Å²) >= 11 is 0. The molecule has 1 N–H and O–H groups in total. The molecule has 2 heterocycles. The van der Waals surface area contributed by atoms with E-state index < -0.39 is 0 Å². The van der Waals surface area contributed by atoms with Crippen LogP contribution in [0.1, 0.15) is 12.8 Å². The fraction of sp³-hybridized carbons (Fsp3) is 0.333. The quantitative estimate of drug-likeness (QED) is 0.895. The highest BCUT2D eigenvalue weighted by Gasteiger charge is 2.27. The van der Waals surface area contributed by atoms with E-state index in [1.54, 1.807) is 6.20 Å². The number of carbonyl (C=O) groups is 1. The number of rotatable bonds is 2. The molecule has 4 nitrogen and oxygen atoms in total. The second-order valence-corrected chi connectivity index (χ2v) is 5.04. The van der Waals surface area contributed by atoms with Gasteiger partial charge in [-0.1, -0.05) is 6.07 Å². The highest BCUT2D eigenvalue weighted by atomic mass is 16.2. The van der Waals surface area contributed by atoms with E-state index in [2.05, 4.69) is 15.2 Å². The highest BCUT2D eigenvalue weighted by molar-refractivity contribution is 5.96. The number of nitrogens with one attached hydrogen (secondary N) is 1. The summed E-state index contributed by atoms with van der Waals surface area (Å²) in [6.45, 7) is 1.000. The first kappa shape index (κ1) is 12.1. The van der Waals surface area contributed by atoms with E-state index in [9.17, 15) is 4.79 Å². The molecule has 3 rings (SSSR count). The van der Waals surface area contributed by atoms with Crippen LogP contribution >= 0.6 is 0 Å². The highest BCUT2D eigenvalue weighted by Crippen LogP contribution is 2.20. The number of fused-ring (bicyclic) bond motifs is 1. The number of hydrogen-bond acceptors (Lipinski definition) is 3. The number of pyridine rings is 1. The van der Waals surface area contributed by atoms with Gasteiger partial charge < -0.3 is 5.32 Å². The predicted molar refractivity (Wildman–Crippen MR) is 76.0 cm³/mol. The maximum atomic E-state index is 12.2. The number of aromatic nitrogens is 1. The van der Waals surface area contributed by atoms with Crippen LogP contribution in [-0.2, 0) is 4.79 Å². The molecule has 0 bridgehead atoms. The van der Waals surface area contributed by atoms with Crippen LogP contribution in [0.3, 0.4) is 0 Å². The number of benzene rings is 1. The molecule has 2 aromatic rings. The minimum atomic E-state index is 0.00425. The Morgan fingerprint density at radius 3 is 3.11 bits per heavy atom. The van der Waals surface area contributed by atoms with Crippen LogP contribution in [0.4, 0.5) is 5.69 Å². The van der Waals surface area contributed by atoms with Gasteiger partial charge in [-0.2, -0.15) is 0 Å². The van der Waals surface area contributed by atoms with Gasteiger partial charge in [0, 0.05) is 17.3 Å². The lowest BCUT2D eigenvalue weighted by molar-refractivity contribution is -0.119. The SMILES string of the molecule is CN1CCC[C@H]1C(=O)Nc1ccc2ncccc2c1. The second kappa shape index (κ2) is 4.97. The number of anilines is 1. The van der Waals surface area contributed by atoms with Crippen LogP contribution in [0.25, 0.3) is 10.9 Å². The van der Waals surface area contributed by atoms with Crippen LogP contribution in [0.2, 0.25) is 0 Å². The van der Waals surface area contributed by atoms with Gasteiger partial charge in [0.05, 0.1) is 11.6 Å². The Balaban J connectivity index is 1.79. The van der Waals surface area contributed by atoms with Crippen molar-refractivity contribution in [3.05, 3.63) is 36.5 Å². The minimum Gasteiger partial charge on any atom is -0.325 e. The molecule has 1 aliphatic heterocycles. The summed E-state index contributed by atoms with van der Waals surface area (Å²) in [4.78, 5) is 18.6. The van der Waals surface area contributed by atoms with Crippen molar-refractivity contribution in [1.82, 2.24) is 9.88 Å². The van der Waals surface area contributed by atoms with Crippen LogP contribution in [-0.4, -0.2) is 35.4 Å². The lowest BCUT2D eigenvalue weighted by atomic mass is 10.1. The first-order chi connectivity index (χ1) is 9.24. The molecular weight excluding hydrogens is 238 g/mol. The Bertz CT molecular complexity index is 611. The van der Waals surface area contributed by atoms with E-state index in [4.69, 9.17) is 0 Å². The standard InChI is InChI=1S/C15H17N3O/c1-18-9-3-5-14(18)15(19)17-12-6-7-13-11(10-12)4-2-8-16-13/h2,4,6-8,10,14H,3,5,9H2,1H3,(H,17,19)/t14-/m0/s1. The molecule has 98 valence electrons. The largest absolute Gasteiger partial charge is 0.325 e. The first-order valence-corrected chi connectivity index (χ1v) is 6.60. The normalized spacial score (nSPS) is 19.7. The topological polar surface area (TPSA) is 45.2 Å². The number of carbonyl (C=O) groups excluding carboxylic acids is 1. The van der Waals surface area contributed by atoms with Crippen molar-refractivity contribution in [2.24, 2.45) is 0 Å². The average Bonchev–Trinajstić information content (AvgIpc) is 2.85. The molecule has 0 saturated carbocycles. The molecule has 1 amide bonds. The maximum Gasteiger partial charge on any atom is 0.241 e. The predicted octanol–water partition coefficient (Wildman–Crippen LogP) is 2.27. The fourth-order valence-electron chi connectivity index (χ4n) is 2.62. The summed E-state index contributed by atoms with van der Waals surface area (Å²) in [6, 6.07) is 9.71. The molecule has 1 aromatic carbocycles. The Morgan fingerprint density at radius 1 is 1.42 bits per heavy atom. The number of hydrogen-bond donors (Lipinski definition) is 1. The van der Waals surface area contributed by atoms with Crippen LogP contribution < -0.4 is 5.32 Å². The van der Waals surface area contributed by atoms with E-state index in [0.29, 0.717) is 0 Å². The van der Waals surface area contributed by atoms with Gasteiger partial charge in [-0.15, -0.1) is 0 Å². The van der Waals surface area contributed by atoms with Gasteiger partial charge in [-0.05, 0) is 50.7 Å². The molecule has 1 atom stereocenters. The second-order valence-electron chi connectivity index (χ2n) is 5.04. The Hall–Kier alpha value is -1.94. The summed E-state index contributed by atoms with van der Waals surface area (Å²) in [6.07, 6.45) is 3.81. The summed E-state index contributed by atoms with van der Waals surface area (Å²) in [5.41, 5.74) is 1.78. The van der Waals surface area contributed by atoms with E-state index in [1.807, 2.05) is 37.4 Å². The van der Waals surface area contributed by atoms with E-state index in [0.717, 1.165) is 36.0 Å². The van der Waals surface area contributed by atoms with Gasteiger partial charge in [0.2, 0.25) is 5.91 Å². The molecule has 1 fully saturated rings. The molecule has 1 aromatic heterocycles. The number of amides is 1. The van der Waals surface area contributed by atoms with Crippen molar-refractivity contribution in [1.29, 1.82) is 0 Å². The van der Waals surface area contributed by atoms with Gasteiger partial charge in [0.1, 0.15) is 0 Å². The Morgan fingerprint density at radius 2 is 2.32 bits per heavy atom. The monoisotopic (exact) mass is 255 g/mol. The van der Waals surface area contributed by atoms with Gasteiger partial charge >= 0.3 is 0 Å². The fourth-order valence-corrected chi connectivity index (χ4v) is 2.62. The third kappa shape index (κ3) is 2.44. The van der Waals surface area contributed by atoms with Crippen molar-refractivity contribution >= 4 is 22.5 Å². The van der Waals surface area contributed by atoms with Gasteiger partial charge in [-0.25, -0.2) is 0 Å².